The number of rotatable bonds is 0. The Morgan fingerprint density at radius 3 is 3.00 bits per heavy atom. The Balaban J connectivity index is 2.50. The Morgan fingerprint density at radius 1 is 1.62 bits per heavy atom. The molecule has 0 aromatic carbocycles. The fourth-order valence-electron chi connectivity index (χ4n) is 1.26. The van der Waals surface area contributed by atoms with Crippen molar-refractivity contribution in [2.75, 3.05) is 11.9 Å². The molecule has 1 atom stereocenters. The van der Waals surface area contributed by atoms with Crippen LogP contribution in [0.4, 0.5) is 5.69 Å². The van der Waals surface area contributed by atoms with Crippen molar-refractivity contribution in [1.29, 1.82) is 0 Å². The fraction of sp³-hybridized carbons (Fsp3) is 0.429. The van der Waals surface area contributed by atoms with Crippen LogP contribution in [-0.4, -0.2) is 29.0 Å². The predicted octanol–water partition coefficient (Wildman–Crippen LogP) is -0.940. The van der Waals surface area contributed by atoms with Crippen LogP contribution in [0.25, 0.3) is 0 Å². The normalized spacial score (nSPS) is 21.3. The molecule has 0 radical (unpaired) electrons. The maximum absolute atomic E-state index is 11.3. The molecule has 1 aliphatic rings. The summed E-state index contributed by atoms with van der Waals surface area (Å²) < 4.78 is 6.71. The van der Waals surface area contributed by atoms with E-state index in [2.05, 4.69) is 5.10 Å². The van der Waals surface area contributed by atoms with Gasteiger partial charge in [-0.1, -0.05) is 0 Å². The third kappa shape index (κ3) is 0.988. The lowest BCUT2D eigenvalue weighted by molar-refractivity contribution is -0.126. The quantitative estimate of drug-likeness (QED) is 0.562. The summed E-state index contributed by atoms with van der Waals surface area (Å²) in [6.45, 7) is 0. The number of aryl methyl sites for hydroxylation is 1. The van der Waals surface area contributed by atoms with Crippen molar-refractivity contribution in [2.24, 2.45) is 12.8 Å². The molecule has 0 unspecified atom stereocenters. The molecule has 1 aromatic rings. The second-order valence-corrected chi connectivity index (χ2v) is 2.89. The summed E-state index contributed by atoms with van der Waals surface area (Å²) in [5.74, 6) is 0.259. The summed E-state index contributed by atoms with van der Waals surface area (Å²) in [6.07, 6.45) is 0.645. The number of nitrogens with two attached hydrogens (primary N) is 1. The van der Waals surface area contributed by atoms with Crippen molar-refractivity contribution in [3.05, 3.63) is 6.20 Å². The van der Waals surface area contributed by atoms with Crippen molar-refractivity contribution in [3.63, 3.8) is 0 Å². The second-order valence-electron chi connectivity index (χ2n) is 2.89. The van der Waals surface area contributed by atoms with Crippen LogP contribution in [0.3, 0.4) is 0 Å². The number of aromatic nitrogens is 2. The highest BCUT2D eigenvalue weighted by Crippen LogP contribution is 2.30. The maximum atomic E-state index is 11.3. The third-order valence-electron chi connectivity index (χ3n) is 2.04. The first-order valence-electron chi connectivity index (χ1n) is 3.83. The summed E-state index contributed by atoms with van der Waals surface area (Å²) in [4.78, 5) is 12.8. The first kappa shape index (κ1) is 8.06. The van der Waals surface area contributed by atoms with Gasteiger partial charge in [0, 0.05) is 14.1 Å². The van der Waals surface area contributed by atoms with Gasteiger partial charge in [-0.25, -0.2) is 4.68 Å². The van der Waals surface area contributed by atoms with Crippen molar-refractivity contribution >= 4 is 11.6 Å². The maximum Gasteiger partial charge on any atom is 0.283 e. The summed E-state index contributed by atoms with van der Waals surface area (Å²) in [5, 5.41) is 3.96. The van der Waals surface area contributed by atoms with Gasteiger partial charge < -0.3 is 9.64 Å². The zero-order chi connectivity index (χ0) is 9.59. The Kier molecular flexibility index (Phi) is 1.53. The number of hydrogen-bond donors (Lipinski definition) is 1. The average Bonchev–Trinajstić information content (AvgIpc) is 2.45. The molecule has 1 aromatic heterocycles. The van der Waals surface area contributed by atoms with E-state index in [-0.39, 0.29) is 5.91 Å². The molecule has 0 saturated carbocycles. The van der Waals surface area contributed by atoms with Gasteiger partial charge in [-0.3, -0.25) is 10.5 Å². The van der Waals surface area contributed by atoms with Crippen LogP contribution < -0.4 is 15.4 Å². The Bertz CT molecular complexity index is 359. The zero-order valence-electron chi connectivity index (χ0n) is 7.39. The van der Waals surface area contributed by atoms with E-state index in [9.17, 15) is 4.79 Å². The monoisotopic (exact) mass is 182 g/mol. The molecule has 13 heavy (non-hydrogen) atoms. The van der Waals surface area contributed by atoms with Crippen LogP contribution in [0, 0.1) is 0 Å². The first-order valence-corrected chi connectivity index (χ1v) is 3.83. The predicted molar refractivity (Wildman–Crippen MR) is 45.2 cm³/mol. The summed E-state index contributed by atoms with van der Waals surface area (Å²) in [7, 11) is 3.38. The van der Waals surface area contributed by atoms with Gasteiger partial charge in [0.2, 0.25) is 12.1 Å². The zero-order valence-corrected chi connectivity index (χ0v) is 7.39. The van der Waals surface area contributed by atoms with Gasteiger partial charge >= 0.3 is 0 Å². The molecule has 2 N–H and O–H groups in total. The van der Waals surface area contributed by atoms with Crippen molar-refractivity contribution < 1.29 is 9.53 Å². The van der Waals surface area contributed by atoms with E-state index in [1.807, 2.05) is 0 Å². The van der Waals surface area contributed by atoms with Crippen LogP contribution in [0.2, 0.25) is 0 Å². The van der Waals surface area contributed by atoms with E-state index in [1.165, 1.54) is 9.58 Å². The third-order valence-corrected chi connectivity index (χ3v) is 2.04. The molecule has 0 bridgehead atoms. The highest BCUT2D eigenvalue weighted by atomic mass is 16.5. The fourth-order valence-corrected chi connectivity index (χ4v) is 1.26. The number of carbonyl (C=O) groups excluding carboxylic acids is 1. The lowest BCUT2D eigenvalue weighted by Gasteiger charge is -2.27. The second kappa shape index (κ2) is 2.46. The van der Waals surface area contributed by atoms with E-state index >= 15 is 0 Å². The number of nitrogens with zero attached hydrogens (tertiary/aromatic N) is 3. The Morgan fingerprint density at radius 2 is 2.31 bits per heavy atom. The molecule has 6 nitrogen and oxygen atoms in total. The minimum absolute atomic E-state index is 0.263. The largest absolute Gasteiger partial charge is 0.448 e. The van der Waals surface area contributed by atoms with E-state index in [0.29, 0.717) is 11.6 Å². The summed E-state index contributed by atoms with van der Waals surface area (Å²) in [6, 6.07) is 0. The highest BCUT2D eigenvalue weighted by molar-refractivity contribution is 5.98. The van der Waals surface area contributed by atoms with Crippen LogP contribution in [0.5, 0.6) is 5.88 Å². The van der Waals surface area contributed by atoms with Gasteiger partial charge in [-0.05, 0) is 0 Å². The van der Waals surface area contributed by atoms with E-state index < -0.39 is 6.23 Å². The highest BCUT2D eigenvalue weighted by Gasteiger charge is 2.31. The first-order chi connectivity index (χ1) is 6.11. The number of ether oxygens (including phenoxy) is 1. The average molecular weight is 182 g/mol. The smallest absolute Gasteiger partial charge is 0.283 e. The number of amides is 1. The minimum Gasteiger partial charge on any atom is -0.448 e. The molecule has 1 aliphatic heterocycles. The number of anilines is 1. The van der Waals surface area contributed by atoms with Gasteiger partial charge in [0.25, 0.3) is 5.91 Å². The van der Waals surface area contributed by atoms with E-state index in [4.69, 9.17) is 10.5 Å². The molecular weight excluding hydrogens is 172 g/mol. The molecule has 0 fully saturated rings. The molecule has 6 heteroatoms. The van der Waals surface area contributed by atoms with Crippen LogP contribution in [0.15, 0.2) is 6.20 Å². The van der Waals surface area contributed by atoms with Crippen molar-refractivity contribution in [3.8, 4) is 5.88 Å². The van der Waals surface area contributed by atoms with Crippen LogP contribution in [0.1, 0.15) is 0 Å². The minimum atomic E-state index is -0.923. The van der Waals surface area contributed by atoms with Gasteiger partial charge in [-0.2, -0.15) is 5.10 Å². The standard InChI is InChI=1S/C7H10N4O2/c1-10-4-3-9-11(2)7(4)13-5(8)6(10)12/h3,5H,8H2,1-2H3/t5-/m0/s1. The van der Waals surface area contributed by atoms with Crippen molar-refractivity contribution in [1.82, 2.24) is 9.78 Å². The van der Waals surface area contributed by atoms with Gasteiger partial charge in [0.15, 0.2) is 0 Å². The molecule has 2 rings (SSSR count). The SMILES string of the molecule is CN1C(=O)[C@@H](N)Oc2c1cnn2C. The molecular formula is C7H10N4O2. The molecule has 70 valence electrons. The lowest BCUT2D eigenvalue weighted by atomic mass is 10.3. The van der Waals surface area contributed by atoms with E-state index in [1.54, 1.807) is 20.3 Å². The Hall–Kier alpha value is -1.56. The van der Waals surface area contributed by atoms with Gasteiger partial charge in [0.1, 0.15) is 5.69 Å². The molecule has 1 amide bonds. The molecule has 2 heterocycles. The lowest BCUT2D eigenvalue weighted by Crippen LogP contribution is -2.48. The Labute approximate surface area is 74.9 Å². The summed E-state index contributed by atoms with van der Waals surface area (Å²) >= 11 is 0. The number of carbonyl (C=O) groups is 1. The van der Waals surface area contributed by atoms with Gasteiger partial charge in [-0.15, -0.1) is 0 Å². The molecule has 0 aliphatic carbocycles. The summed E-state index contributed by atoms with van der Waals surface area (Å²) in [5.41, 5.74) is 6.10. The topological polar surface area (TPSA) is 73.4 Å². The number of likely N-dealkylation sites (N-methyl/N-ethyl adjacent to an activating group) is 1. The van der Waals surface area contributed by atoms with Crippen LogP contribution >= 0.6 is 0 Å². The van der Waals surface area contributed by atoms with Crippen molar-refractivity contribution in [2.45, 2.75) is 6.23 Å². The number of hydrogen-bond acceptors (Lipinski definition) is 4. The number of fused-ring (bicyclic) bond motifs is 1. The molecule has 0 spiro atoms. The molecule has 0 saturated heterocycles. The van der Waals surface area contributed by atoms with Crippen LogP contribution in [-0.2, 0) is 11.8 Å². The van der Waals surface area contributed by atoms with Gasteiger partial charge in [0.05, 0.1) is 6.20 Å². The van der Waals surface area contributed by atoms with E-state index in [0.717, 1.165) is 0 Å².